The Morgan fingerprint density at radius 1 is 1.02 bits per heavy atom. The number of hydrogen-bond acceptors (Lipinski definition) is 12. The molecule has 4 N–H and O–H groups in total. The molecule has 5 unspecified atom stereocenters. The highest BCUT2D eigenvalue weighted by atomic mass is 16.8. The van der Waals surface area contributed by atoms with E-state index in [1.165, 1.54) is 13.0 Å². The minimum Gasteiger partial charge on any atom is -0.479 e. The molecule has 0 aliphatic carbocycles. The Bertz CT molecular complexity index is 1540. The van der Waals surface area contributed by atoms with E-state index in [-0.39, 0.29) is 36.4 Å². The summed E-state index contributed by atoms with van der Waals surface area (Å²) < 4.78 is 28.1. The van der Waals surface area contributed by atoms with Crippen LogP contribution in [0.4, 0.5) is 0 Å². The molecule has 2 saturated heterocycles. The molecule has 10 atom stereocenters. The van der Waals surface area contributed by atoms with Crippen LogP contribution in [0.1, 0.15) is 86.1 Å². The molecule has 14 nitrogen and oxygen atoms in total. The number of fused-ring (bicyclic) bond motifs is 2. The molecule has 0 aromatic heterocycles. The van der Waals surface area contributed by atoms with Crippen LogP contribution in [0.3, 0.4) is 0 Å². The van der Waals surface area contributed by atoms with Crippen molar-refractivity contribution in [1.29, 1.82) is 0 Å². The molecule has 0 amide bonds. The van der Waals surface area contributed by atoms with Gasteiger partial charge >= 0.3 is 29.8 Å². The van der Waals surface area contributed by atoms with Crippen LogP contribution in [0, 0.1) is 23.7 Å². The van der Waals surface area contributed by atoms with Crippen molar-refractivity contribution in [2.45, 2.75) is 128 Å². The van der Waals surface area contributed by atoms with Gasteiger partial charge in [0, 0.05) is 25.3 Å². The number of aliphatic hydroxyl groups excluding tert-OH is 1. The van der Waals surface area contributed by atoms with Crippen molar-refractivity contribution in [3.8, 4) is 0 Å². The van der Waals surface area contributed by atoms with E-state index in [0.29, 0.717) is 25.2 Å². The van der Waals surface area contributed by atoms with Crippen molar-refractivity contribution >= 4 is 29.8 Å². The Morgan fingerprint density at radius 3 is 2.22 bits per heavy atom. The number of carboxylic acid groups (broad SMARTS) is 2. The lowest BCUT2D eigenvalue weighted by Gasteiger charge is -2.49. The van der Waals surface area contributed by atoms with Gasteiger partial charge in [0.05, 0.1) is 6.61 Å². The summed E-state index contributed by atoms with van der Waals surface area (Å²) in [6.45, 7) is 16.5. The van der Waals surface area contributed by atoms with Crippen LogP contribution >= 0.6 is 0 Å². The molecule has 1 aromatic rings. The molecule has 2 aliphatic rings. The smallest absolute Gasteiger partial charge is 0.344 e. The number of hydrogen-bond donors (Lipinski definition) is 4. The minimum atomic E-state index is -3.78. The molecule has 14 heteroatoms. The van der Waals surface area contributed by atoms with E-state index < -0.39 is 77.7 Å². The number of ether oxygens (including phenoxy) is 5. The number of esters is 3. The molecule has 2 heterocycles. The molecular weight excluding hydrogens is 704 g/mol. The fourth-order valence-electron chi connectivity index (χ4n) is 7.04. The lowest BCUT2D eigenvalue weighted by atomic mass is 9.74. The zero-order valence-corrected chi connectivity index (χ0v) is 32.2. The third-order valence-corrected chi connectivity index (χ3v) is 10.2. The van der Waals surface area contributed by atoms with Crippen molar-refractivity contribution in [3.63, 3.8) is 0 Å². The van der Waals surface area contributed by atoms with Gasteiger partial charge in [0.25, 0.3) is 0 Å². The fourth-order valence-corrected chi connectivity index (χ4v) is 7.04. The van der Waals surface area contributed by atoms with Crippen LogP contribution in [0.5, 0.6) is 0 Å². The quantitative estimate of drug-likeness (QED) is 0.0629. The monoisotopic (exact) mass is 760 g/mol. The van der Waals surface area contributed by atoms with Crippen LogP contribution in [-0.2, 0) is 54.1 Å². The predicted molar refractivity (Wildman–Crippen MR) is 194 cm³/mol. The first-order valence-corrected chi connectivity index (χ1v) is 18.4. The van der Waals surface area contributed by atoms with Crippen molar-refractivity contribution in [3.05, 3.63) is 60.2 Å². The van der Waals surface area contributed by atoms with E-state index in [1.54, 1.807) is 0 Å². The largest absolute Gasteiger partial charge is 0.479 e. The zero-order chi connectivity index (χ0) is 40.6. The van der Waals surface area contributed by atoms with Crippen molar-refractivity contribution < 1.29 is 68.1 Å². The van der Waals surface area contributed by atoms with Crippen LogP contribution in [0.2, 0.25) is 0 Å². The van der Waals surface area contributed by atoms with E-state index in [0.717, 1.165) is 18.1 Å². The molecule has 2 fully saturated rings. The van der Waals surface area contributed by atoms with Gasteiger partial charge in [-0.15, -0.1) is 0 Å². The van der Waals surface area contributed by atoms with Gasteiger partial charge in [-0.2, -0.15) is 0 Å². The Morgan fingerprint density at radius 2 is 1.67 bits per heavy atom. The number of benzene rings is 1. The van der Waals surface area contributed by atoms with Crippen LogP contribution in [0.25, 0.3) is 0 Å². The first kappa shape index (κ1) is 44.3. The first-order chi connectivity index (χ1) is 25.2. The third kappa shape index (κ3) is 9.57. The Hall–Kier alpha value is -4.11. The lowest BCUT2D eigenvalue weighted by Crippen LogP contribution is -2.78. The summed E-state index contributed by atoms with van der Waals surface area (Å²) in [4.78, 5) is 65.3. The van der Waals surface area contributed by atoms with Crippen molar-refractivity contribution in [1.82, 2.24) is 0 Å². The predicted octanol–water partition coefficient (Wildman–Crippen LogP) is 4.39. The van der Waals surface area contributed by atoms with Gasteiger partial charge in [-0.1, -0.05) is 91.0 Å². The Labute approximate surface area is 316 Å². The highest BCUT2D eigenvalue weighted by Crippen LogP contribution is 2.56. The SMILES string of the molecule is C=C(CCC12OC(C(=O)OCCC(C)C)C(O)(C(=O)O)C(C(=O)O)(O1)[C@@H](OC(=O)/C=C/[C@@H](C)C[C@@H](C)CC)[C@H]2O)C(OC(C)=O)[C@H](C)Cc1ccccc1. The maximum Gasteiger partial charge on any atom is 0.344 e. The molecule has 54 heavy (non-hydrogen) atoms. The van der Waals surface area contributed by atoms with Gasteiger partial charge < -0.3 is 44.1 Å². The first-order valence-electron chi connectivity index (χ1n) is 18.4. The van der Waals surface area contributed by atoms with E-state index in [4.69, 9.17) is 23.7 Å². The summed E-state index contributed by atoms with van der Waals surface area (Å²) in [7, 11) is 0. The molecule has 0 spiro atoms. The van der Waals surface area contributed by atoms with Gasteiger partial charge in [-0.3, -0.25) is 4.79 Å². The standard InChI is InChI=1S/C40H56O14/c1-9-24(4)21-25(5)15-16-30(42)52-33-32(43)38(19-17-26(6)31(51-28(8)41)27(7)22-29-13-11-10-12-14-29)53-34(35(44)50-20-18-23(2)3)39(49,36(45)46)40(33,54-38)37(47)48/h10-16,23-25,27,31-34,43,49H,6,9,17-22H2,1-5,7-8H3,(H,45,46)(H,47,48)/b16-15+/t24-,25+,27+,31?,32+,33-,34?,38?,39?,40?/m0/s1. The number of carboxylic acids is 2. The zero-order valence-electron chi connectivity index (χ0n) is 32.2. The Kier molecular flexibility index (Phi) is 15.2. The molecule has 2 bridgehead atoms. The summed E-state index contributed by atoms with van der Waals surface area (Å²) in [5.41, 5.74) is -6.03. The molecule has 3 rings (SSSR count). The van der Waals surface area contributed by atoms with Gasteiger partial charge in [0.15, 0.2) is 6.10 Å². The average molecular weight is 761 g/mol. The van der Waals surface area contributed by atoms with E-state index in [9.17, 15) is 44.4 Å². The van der Waals surface area contributed by atoms with Gasteiger partial charge in [-0.25, -0.2) is 19.2 Å². The molecule has 1 aromatic carbocycles. The minimum absolute atomic E-state index is 0.0479. The third-order valence-electron chi connectivity index (χ3n) is 10.2. The maximum atomic E-state index is 13.6. The lowest BCUT2D eigenvalue weighted by molar-refractivity contribution is -0.374. The summed E-state index contributed by atoms with van der Waals surface area (Å²) >= 11 is 0. The van der Waals surface area contributed by atoms with Crippen molar-refractivity contribution in [2.24, 2.45) is 23.7 Å². The van der Waals surface area contributed by atoms with Crippen LogP contribution in [-0.4, -0.2) is 98.3 Å². The second-order valence-electron chi connectivity index (χ2n) is 15.1. The molecule has 0 radical (unpaired) electrons. The van der Waals surface area contributed by atoms with Crippen LogP contribution < -0.4 is 0 Å². The van der Waals surface area contributed by atoms with Crippen molar-refractivity contribution in [2.75, 3.05) is 6.61 Å². The number of rotatable bonds is 20. The van der Waals surface area contributed by atoms with E-state index in [1.807, 2.05) is 71.9 Å². The highest BCUT2D eigenvalue weighted by Gasteiger charge is 2.86. The Balaban J connectivity index is 2.08. The molecule has 2 aliphatic heterocycles. The summed E-state index contributed by atoms with van der Waals surface area (Å²) in [6.07, 6.45) is -3.92. The number of aliphatic carboxylic acids is 2. The van der Waals surface area contributed by atoms with Crippen LogP contribution in [0.15, 0.2) is 54.6 Å². The number of carbonyl (C=O) groups excluding carboxylic acids is 3. The normalized spacial score (nSPS) is 28.5. The average Bonchev–Trinajstić information content (AvgIpc) is 3.32. The summed E-state index contributed by atoms with van der Waals surface area (Å²) in [5.74, 6) is -10.3. The molecule has 300 valence electrons. The van der Waals surface area contributed by atoms with Gasteiger partial charge in [0.1, 0.15) is 12.2 Å². The second-order valence-corrected chi connectivity index (χ2v) is 15.1. The second kappa shape index (κ2) is 18.5. The molecule has 0 saturated carbocycles. The summed E-state index contributed by atoms with van der Waals surface area (Å²) in [5, 5.41) is 45.0. The van der Waals surface area contributed by atoms with Gasteiger partial charge in [0.2, 0.25) is 23.1 Å². The number of allylic oxidation sites excluding steroid dienone is 1. The number of carbonyl (C=O) groups is 5. The number of aliphatic hydroxyl groups is 2. The van der Waals surface area contributed by atoms with Gasteiger partial charge in [-0.05, 0) is 54.6 Å². The molecular formula is C40H56O14. The van der Waals surface area contributed by atoms with E-state index in [2.05, 4.69) is 6.58 Å². The maximum absolute atomic E-state index is 13.6. The highest BCUT2D eigenvalue weighted by molar-refractivity contribution is 5.98. The fraction of sp³-hybridized carbons (Fsp3) is 0.625. The van der Waals surface area contributed by atoms with E-state index >= 15 is 0 Å². The summed E-state index contributed by atoms with van der Waals surface area (Å²) in [6, 6.07) is 9.39. The topological polar surface area (TPSA) is 212 Å².